The van der Waals surface area contributed by atoms with E-state index in [0.717, 1.165) is 53.1 Å². The van der Waals surface area contributed by atoms with E-state index in [9.17, 15) is 18.0 Å². The number of hydrogen-bond donors (Lipinski definition) is 1. The second kappa shape index (κ2) is 15.4. The van der Waals surface area contributed by atoms with Crippen LogP contribution in [0.2, 0.25) is 5.02 Å². The maximum Gasteiger partial charge on any atom is 0.264 e. The minimum Gasteiger partial charge on any atom is -0.352 e. The highest BCUT2D eigenvalue weighted by atomic mass is 35.5. The zero-order chi connectivity index (χ0) is 32.5. The molecular weight excluding hydrogens is 618 g/mol. The molecule has 4 aromatic carbocycles. The number of carbonyl (C=O) groups excluding carboxylic acids is 2. The molecule has 7 nitrogen and oxygen atoms in total. The smallest absolute Gasteiger partial charge is 0.264 e. The van der Waals surface area contributed by atoms with Crippen LogP contribution in [0.3, 0.4) is 0 Å². The molecule has 5 rings (SSSR count). The molecule has 9 heteroatoms. The molecular formula is C37H40ClN3O4S. The summed E-state index contributed by atoms with van der Waals surface area (Å²) in [5, 5.41) is 3.73. The first-order chi connectivity index (χ1) is 22.2. The zero-order valence-corrected chi connectivity index (χ0v) is 27.6. The van der Waals surface area contributed by atoms with E-state index in [1.165, 1.54) is 4.90 Å². The summed E-state index contributed by atoms with van der Waals surface area (Å²) in [4.78, 5) is 30.3. The number of amides is 2. The molecule has 0 saturated heterocycles. The SMILES string of the molecule is Cc1ccc(S(=O)(=O)N(CC(=O)N(Cc2cccc(Cl)c2)[C@H](Cc2ccccc2)C(=O)NC2CCCCC2)c2ccccc2)cc1. The third-order valence-electron chi connectivity index (χ3n) is 8.40. The molecule has 0 heterocycles. The van der Waals surface area contributed by atoms with Gasteiger partial charge in [-0.25, -0.2) is 8.42 Å². The molecule has 240 valence electrons. The summed E-state index contributed by atoms with van der Waals surface area (Å²) < 4.78 is 29.4. The van der Waals surface area contributed by atoms with Crippen molar-refractivity contribution in [2.45, 2.75) is 69.0 Å². The van der Waals surface area contributed by atoms with E-state index >= 15 is 0 Å². The predicted octanol–water partition coefficient (Wildman–Crippen LogP) is 6.93. The third kappa shape index (κ3) is 8.56. The lowest BCUT2D eigenvalue weighted by molar-refractivity contribution is -0.140. The highest BCUT2D eigenvalue weighted by Gasteiger charge is 2.35. The fourth-order valence-corrected chi connectivity index (χ4v) is 7.52. The van der Waals surface area contributed by atoms with Crippen molar-refractivity contribution in [1.82, 2.24) is 10.2 Å². The van der Waals surface area contributed by atoms with Gasteiger partial charge in [-0.3, -0.25) is 13.9 Å². The van der Waals surface area contributed by atoms with Crippen molar-refractivity contribution in [3.05, 3.63) is 131 Å². The molecule has 1 aliphatic carbocycles. The maximum atomic E-state index is 14.6. The highest BCUT2D eigenvalue weighted by molar-refractivity contribution is 7.92. The van der Waals surface area contributed by atoms with E-state index < -0.39 is 28.5 Å². The van der Waals surface area contributed by atoms with Gasteiger partial charge in [0.05, 0.1) is 10.6 Å². The minimum absolute atomic E-state index is 0.0328. The monoisotopic (exact) mass is 657 g/mol. The van der Waals surface area contributed by atoms with Gasteiger partial charge in [-0.1, -0.05) is 109 Å². The highest BCUT2D eigenvalue weighted by Crippen LogP contribution is 2.26. The molecule has 0 unspecified atom stereocenters. The summed E-state index contributed by atoms with van der Waals surface area (Å²) in [5.41, 5.74) is 2.89. The van der Waals surface area contributed by atoms with Gasteiger partial charge in [-0.2, -0.15) is 0 Å². The van der Waals surface area contributed by atoms with Gasteiger partial charge in [-0.05, 0) is 67.3 Å². The van der Waals surface area contributed by atoms with Crippen LogP contribution in [0.15, 0.2) is 114 Å². The van der Waals surface area contributed by atoms with Crippen molar-refractivity contribution in [1.29, 1.82) is 0 Å². The van der Waals surface area contributed by atoms with Gasteiger partial charge in [0.25, 0.3) is 10.0 Å². The molecule has 0 aromatic heterocycles. The molecule has 1 fully saturated rings. The summed E-state index contributed by atoms with van der Waals surface area (Å²) in [6.45, 7) is 1.46. The van der Waals surface area contributed by atoms with Crippen molar-refractivity contribution in [2.24, 2.45) is 0 Å². The van der Waals surface area contributed by atoms with Crippen molar-refractivity contribution < 1.29 is 18.0 Å². The standard InChI is InChI=1S/C37H40ClN3O4S/c1-28-20-22-34(23-21-28)46(44,45)41(33-18-9-4-10-19-33)27-36(42)40(26-30-14-11-15-31(38)24-30)35(25-29-12-5-2-6-13-29)37(43)39-32-16-7-3-8-17-32/h2,4-6,9-15,18-24,32,35H,3,7-8,16-17,25-27H2,1H3,(H,39,43)/t35-/m1/s1. The van der Waals surface area contributed by atoms with Gasteiger partial charge in [0, 0.05) is 24.0 Å². The summed E-state index contributed by atoms with van der Waals surface area (Å²) in [6.07, 6.45) is 5.28. The van der Waals surface area contributed by atoms with Gasteiger partial charge in [-0.15, -0.1) is 0 Å². The van der Waals surface area contributed by atoms with Crippen LogP contribution in [0, 0.1) is 6.92 Å². The Hall–Kier alpha value is -4.14. The van der Waals surface area contributed by atoms with E-state index in [0.29, 0.717) is 10.7 Å². The summed E-state index contributed by atoms with van der Waals surface area (Å²) in [5.74, 6) is -0.752. The largest absolute Gasteiger partial charge is 0.352 e. The summed E-state index contributed by atoms with van der Waals surface area (Å²) in [7, 11) is -4.14. The van der Waals surface area contributed by atoms with Crippen LogP contribution in [0.25, 0.3) is 0 Å². The van der Waals surface area contributed by atoms with Crippen LogP contribution in [0.4, 0.5) is 5.69 Å². The van der Waals surface area contributed by atoms with Crippen LogP contribution >= 0.6 is 11.6 Å². The summed E-state index contributed by atoms with van der Waals surface area (Å²) in [6, 6.07) is 31.0. The van der Waals surface area contributed by atoms with Gasteiger partial charge in [0.15, 0.2) is 0 Å². The molecule has 1 aliphatic rings. The van der Waals surface area contributed by atoms with Crippen molar-refractivity contribution in [3.63, 3.8) is 0 Å². The third-order valence-corrected chi connectivity index (χ3v) is 10.4. The normalized spacial score (nSPS) is 14.3. The lowest BCUT2D eigenvalue weighted by Gasteiger charge is -2.35. The molecule has 0 aliphatic heterocycles. The predicted molar refractivity (Wildman–Crippen MR) is 183 cm³/mol. The van der Waals surface area contributed by atoms with Crippen LogP contribution in [-0.2, 0) is 32.6 Å². The Morgan fingerprint density at radius 2 is 1.46 bits per heavy atom. The number of halogens is 1. The zero-order valence-electron chi connectivity index (χ0n) is 26.0. The first-order valence-corrected chi connectivity index (χ1v) is 17.6. The number of aryl methyl sites for hydroxylation is 1. The van der Waals surface area contributed by atoms with E-state index in [1.807, 2.05) is 43.3 Å². The number of para-hydroxylation sites is 1. The number of carbonyl (C=O) groups is 2. The van der Waals surface area contributed by atoms with Gasteiger partial charge in [0.2, 0.25) is 11.8 Å². The molecule has 1 atom stereocenters. The Morgan fingerprint density at radius 3 is 2.11 bits per heavy atom. The average Bonchev–Trinajstić information content (AvgIpc) is 3.06. The molecule has 4 aromatic rings. The number of benzene rings is 4. The second-order valence-corrected chi connectivity index (χ2v) is 14.2. The van der Waals surface area contributed by atoms with E-state index in [1.54, 1.807) is 72.8 Å². The second-order valence-electron chi connectivity index (χ2n) is 11.9. The average molecular weight is 658 g/mol. The van der Waals surface area contributed by atoms with Crippen LogP contribution < -0.4 is 9.62 Å². The first kappa shape index (κ1) is 33.2. The van der Waals surface area contributed by atoms with Crippen LogP contribution in [-0.4, -0.2) is 43.8 Å². The molecule has 0 bridgehead atoms. The van der Waals surface area contributed by atoms with Crippen molar-refractivity contribution in [3.8, 4) is 0 Å². The lowest BCUT2D eigenvalue weighted by Crippen LogP contribution is -2.55. The van der Waals surface area contributed by atoms with Gasteiger partial charge in [0.1, 0.15) is 12.6 Å². The number of nitrogens with zero attached hydrogens (tertiary/aromatic N) is 2. The number of rotatable bonds is 12. The summed E-state index contributed by atoms with van der Waals surface area (Å²) >= 11 is 6.34. The maximum absolute atomic E-state index is 14.6. The number of sulfonamides is 1. The molecule has 46 heavy (non-hydrogen) atoms. The lowest BCUT2D eigenvalue weighted by atomic mass is 9.94. The minimum atomic E-state index is -4.14. The van der Waals surface area contributed by atoms with Crippen LogP contribution in [0.1, 0.15) is 48.8 Å². The quantitative estimate of drug-likeness (QED) is 0.179. The fourth-order valence-electron chi connectivity index (χ4n) is 5.89. The van der Waals surface area contributed by atoms with Crippen LogP contribution in [0.5, 0.6) is 0 Å². The Labute approximate surface area is 277 Å². The Bertz CT molecular complexity index is 1710. The number of anilines is 1. The fraction of sp³-hybridized carbons (Fsp3) is 0.297. The molecule has 0 radical (unpaired) electrons. The number of hydrogen-bond acceptors (Lipinski definition) is 4. The van der Waals surface area contributed by atoms with Gasteiger partial charge >= 0.3 is 0 Å². The Morgan fingerprint density at radius 1 is 0.826 bits per heavy atom. The first-order valence-electron chi connectivity index (χ1n) is 15.7. The molecule has 0 spiro atoms. The Balaban J connectivity index is 1.55. The molecule has 1 saturated carbocycles. The van der Waals surface area contributed by atoms with E-state index in [-0.39, 0.29) is 29.8 Å². The molecule has 2 amide bonds. The van der Waals surface area contributed by atoms with E-state index in [4.69, 9.17) is 11.6 Å². The topological polar surface area (TPSA) is 86.8 Å². The number of nitrogens with one attached hydrogen (secondary N) is 1. The van der Waals surface area contributed by atoms with Crippen molar-refractivity contribution in [2.75, 3.05) is 10.8 Å². The molecule has 1 N–H and O–H groups in total. The van der Waals surface area contributed by atoms with Gasteiger partial charge < -0.3 is 10.2 Å². The Kier molecular flexibility index (Phi) is 11.1. The van der Waals surface area contributed by atoms with E-state index in [2.05, 4.69) is 5.32 Å². The van der Waals surface area contributed by atoms with Crippen molar-refractivity contribution >= 4 is 39.1 Å².